The molecule has 0 spiro atoms. The van der Waals surface area contributed by atoms with Crippen molar-refractivity contribution in [2.24, 2.45) is 5.92 Å². The number of benzene rings is 1. The van der Waals surface area contributed by atoms with Crippen molar-refractivity contribution in [3.8, 4) is 0 Å². The van der Waals surface area contributed by atoms with E-state index in [1.807, 2.05) is 18.2 Å². The number of rotatable bonds is 1. The summed E-state index contributed by atoms with van der Waals surface area (Å²) in [4.78, 5) is 0.545. The molecular weight excluding hydrogens is 292 g/mol. The monoisotopic (exact) mass is 316 g/mol. The van der Waals surface area contributed by atoms with E-state index < -0.39 is 15.1 Å². The molecular formula is C19H24O2S. The van der Waals surface area contributed by atoms with Crippen molar-refractivity contribution < 1.29 is 8.42 Å². The summed E-state index contributed by atoms with van der Waals surface area (Å²) in [6.45, 7) is 8.42. The molecule has 2 atom stereocenters. The van der Waals surface area contributed by atoms with Gasteiger partial charge in [-0.2, -0.15) is 0 Å². The minimum absolute atomic E-state index is 0.0434. The molecule has 0 N–H and O–H groups in total. The van der Waals surface area contributed by atoms with Gasteiger partial charge < -0.3 is 0 Å². The molecule has 0 saturated carbocycles. The summed E-state index contributed by atoms with van der Waals surface area (Å²) in [6.07, 6.45) is 7.83. The summed E-state index contributed by atoms with van der Waals surface area (Å²) in [5, 5.41) is -0.393. The van der Waals surface area contributed by atoms with Crippen LogP contribution in [0, 0.1) is 5.92 Å². The van der Waals surface area contributed by atoms with Crippen LogP contribution in [0.4, 0.5) is 0 Å². The van der Waals surface area contributed by atoms with E-state index >= 15 is 0 Å². The molecule has 0 amide bonds. The molecule has 1 aliphatic heterocycles. The third kappa shape index (κ3) is 2.45. The fourth-order valence-electron chi connectivity index (χ4n) is 3.34. The lowest BCUT2D eigenvalue weighted by atomic mass is 9.84. The maximum absolute atomic E-state index is 13.1. The fraction of sp³-hybridized carbons (Fsp3) is 0.474. The minimum Gasteiger partial charge on any atom is -0.223 e. The average Bonchev–Trinajstić information content (AvgIpc) is 2.46. The first kappa shape index (κ1) is 15.5. The van der Waals surface area contributed by atoms with Gasteiger partial charge in [0.1, 0.15) is 0 Å². The van der Waals surface area contributed by atoms with Gasteiger partial charge in [0.2, 0.25) is 0 Å². The summed E-state index contributed by atoms with van der Waals surface area (Å²) in [5.41, 5.74) is 3.13. The van der Waals surface area contributed by atoms with Gasteiger partial charge in [-0.25, -0.2) is 8.42 Å². The Morgan fingerprint density at radius 1 is 1.23 bits per heavy atom. The number of hydrogen-bond donors (Lipinski definition) is 0. The van der Waals surface area contributed by atoms with Crippen molar-refractivity contribution >= 4 is 9.84 Å². The van der Waals surface area contributed by atoms with Crippen molar-refractivity contribution in [3.05, 3.63) is 53.1 Å². The molecule has 22 heavy (non-hydrogen) atoms. The zero-order valence-corrected chi connectivity index (χ0v) is 14.6. The molecule has 0 radical (unpaired) electrons. The molecule has 1 heterocycles. The van der Waals surface area contributed by atoms with Gasteiger partial charge in [-0.15, -0.1) is 0 Å². The highest BCUT2D eigenvalue weighted by Gasteiger charge is 2.40. The van der Waals surface area contributed by atoms with Crippen LogP contribution in [-0.2, 0) is 21.7 Å². The highest BCUT2D eigenvalue weighted by Crippen LogP contribution is 2.39. The molecule has 3 heteroatoms. The lowest BCUT2D eigenvalue weighted by Gasteiger charge is -2.33. The summed E-state index contributed by atoms with van der Waals surface area (Å²) >= 11 is 0. The Hall–Kier alpha value is -1.35. The second-order valence-corrected chi connectivity index (χ2v) is 9.48. The third-order valence-electron chi connectivity index (χ3n) is 4.82. The zero-order valence-electron chi connectivity index (χ0n) is 13.8. The normalized spacial score (nSPS) is 26.1. The highest BCUT2D eigenvalue weighted by atomic mass is 32.2. The molecule has 2 nitrogen and oxygen atoms in total. The van der Waals surface area contributed by atoms with E-state index in [9.17, 15) is 8.42 Å². The first-order chi connectivity index (χ1) is 10.2. The Morgan fingerprint density at radius 2 is 1.95 bits per heavy atom. The van der Waals surface area contributed by atoms with Crippen LogP contribution < -0.4 is 0 Å². The van der Waals surface area contributed by atoms with Crippen molar-refractivity contribution in [1.29, 1.82) is 0 Å². The molecule has 118 valence electrons. The van der Waals surface area contributed by atoms with E-state index in [-0.39, 0.29) is 11.3 Å². The van der Waals surface area contributed by atoms with Crippen molar-refractivity contribution in [3.63, 3.8) is 0 Å². The second kappa shape index (κ2) is 5.09. The summed E-state index contributed by atoms with van der Waals surface area (Å²) in [7, 11) is -3.30. The Balaban J connectivity index is 2.14. The maximum Gasteiger partial charge on any atom is 0.185 e. The van der Waals surface area contributed by atoms with Crippen LogP contribution in [0.5, 0.6) is 0 Å². The number of sulfone groups is 1. The standard InChI is InChI=1S/C19H24O2S/c1-5-13-6-7-14-11-15-8-9-16(19(2,3)4)12-18(15)22(20,21)17(14)10-13/h6-10,12,14,17H,5,11H2,1-4H3. The van der Waals surface area contributed by atoms with Crippen LogP contribution >= 0.6 is 0 Å². The van der Waals surface area contributed by atoms with E-state index in [1.165, 1.54) is 0 Å². The first-order valence-corrected chi connectivity index (χ1v) is 9.54. The molecule has 3 rings (SSSR count). The largest absolute Gasteiger partial charge is 0.223 e. The third-order valence-corrected chi connectivity index (χ3v) is 7.02. The van der Waals surface area contributed by atoms with Gasteiger partial charge in [0.15, 0.2) is 9.84 Å². The SMILES string of the molecule is CCC1=CC2C(C=C1)Cc1ccc(C(C)(C)C)cc1S2(=O)=O. The topological polar surface area (TPSA) is 34.1 Å². The second-order valence-electron chi connectivity index (χ2n) is 7.40. The zero-order chi connectivity index (χ0) is 16.1. The van der Waals surface area contributed by atoms with E-state index in [0.29, 0.717) is 4.90 Å². The van der Waals surface area contributed by atoms with Gasteiger partial charge in [-0.3, -0.25) is 0 Å². The molecule has 0 bridgehead atoms. The molecule has 2 aliphatic rings. The van der Waals surface area contributed by atoms with Gasteiger partial charge >= 0.3 is 0 Å². The van der Waals surface area contributed by atoms with Crippen molar-refractivity contribution in [2.75, 3.05) is 0 Å². The van der Waals surface area contributed by atoms with Crippen LogP contribution in [0.15, 0.2) is 46.9 Å². The lowest BCUT2D eigenvalue weighted by Crippen LogP contribution is -2.35. The Morgan fingerprint density at radius 3 is 2.59 bits per heavy atom. The van der Waals surface area contributed by atoms with Crippen molar-refractivity contribution in [2.45, 2.75) is 56.1 Å². The van der Waals surface area contributed by atoms with E-state index in [1.54, 1.807) is 0 Å². The van der Waals surface area contributed by atoms with Crippen LogP contribution in [0.3, 0.4) is 0 Å². The van der Waals surface area contributed by atoms with Gasteiger partial charge in [0.05, 0.1) is 10.1 Å². The number of fused-ring (bicyclic) bond motifs is 2. The van der Waals surface area contributed by atoms with E-state index in [0.717, 1.165) is 29.5 Å². The maximum atomic E-state index is 13.1. The van der Waals surface area contributed by atoms with Crippen LogP contribution in [0.25, 0.3) is 0 Å². The van der Waals surface area contributed by atoms with Crippen LogP contribution in [0.1, 0.15) is 45.2 Å². The van der Waals surface area contributed by atoms with Gasteiger partial charge in [-0.05, 0) is 35.4 Å². The Kier molecular flexibility index (Phi) is 3.59. The van der Waals surface area contributed by atoms with Gasteiger partial charge in [0.25, 0.3) is 0 Å². The van der Waals surface area contributed by atoms with Crippen LogP contribution in [-0.4, -0.2) is 13.7 Å². The minimum atomic E-state index is -3.30. The Labute approximate surface area is 133 Å². The molecule has 1 aliphatic carbocycles. The predicted octanol–water partition coefficient (Wildman–Crippen LogP) is 4.20. The fourth-order valence-corrected chi connectivity index (χ4v) is 5.44. The van der Waals surface area contributed by atoms with E-state index in [2.05, 4.69) is 45.9 Å². The molecule has 0 aromatic heterocycles. The van der Waals surface area contributed by atoms with Gasteiger partial charge in [-0.1, -0.05) is 63.6 Å². The quantitative estimate of drug-likeness (QED) is 0.778. The molecule has 0 saturated heterocycles. The molecule has 1 aromatic carbocycles. The highest BCUT2D eigenvalue weighted by molar-refractivity contribution is 7.92. The molecule has 0 fully saturated rings. The summed E-state index contributed by atoms with van der Waals surface area (Å²) in [5.74, 6) is 0.0771. The lowest BCUT2D eigenvalue weighted by molar-refractivity contribution is 0.537. The molecule has 1 aromatic rings. The summed E-state index contributed by atoms with van der Waals surface area (Å²) < 4.78 is 26.2. The smallest absolute Gasteiger partial charge is 0.185 e. The van der Waals surface area contributed by atoms with Gasteiger partial charge in [0, 0.05) is 5.92 Å². The van der Waals surface area contributed by atoms with Crippen LogP contribution in [0.2, 0.25) is 0 Å². The average molecular weight is 316 g/mol. The predicted molar refractivity (Wildman–Crippen MR) is 90.8 cm³/mol. The summed E-state index contributed by atoms with van der Waals surface area (Å²) in [6, 6.07) is 5.99. The van der Waals surface area contributed by atoms with Crippen molar-refractivity contribution in [1.82, 2.24) is 0 Å². The van der Waals surface area contributed by atoms with E-state index in [4.69, 9.17) is 0 Å². The molecule has 2 unspecified atom stereocenters. The first-order valence-electron chi connectivity index (χ1n) is 7.99. The number of allylic oxidation sites excluding steroid dienone is 3. The Bertz CT molecular complexity index is 761. The number of hydrogen-bond acceptors (Lipinski definition) is 2.